The number of aromatic nitrogens is 4. The minimum atomic E-state index is -0.869. The number of fused-ring (bicyclic) bond motifs is 1. The number of hydrogen-bond acceptors (Lipinski definition) is 4. The Bertz CT molecular complexity index is 1010. The maximum absolute atomic E-state index is 10.6. The van der Waals surface area contributed by atoms with Gasteiger partial charge in [-0.1, -0.05) is 30.3 Å². The maximum atomic E-state index is 10.6. The summed E-state index contributed by atoms with van der Waals surface area (Å²) in [7, 11) is 0. The van der Waals surface area contributed by atoms with Crippen LogP contribution < -0.4 is 0 Å². The Morgan fingerprint density at radius 3 is 2.40 bits per heavy atom. The summed E-state index contributed by atoms with van der Waals surface area (Å²) < 4.78 is 1.77. The van der Waals surface area contributed by atoms with Gasteiger partial charge in [-0.05, 0) is 37.3 Å². The van der Waals surface area contributed by atoms with Gasteiger partial charge in [-0.2, -0.15) is 5.10 Å². The van der Waals surface area contributed by atoms with Crippen molar-refractivity contribution < 1.29 is 22.2 Å². The monoisotopic (exact) mass is 379 g/mol. The summed E-state index contributed by atoms with van der Waals surface area (Å²) in [4.78, 5) is 8.96. The molecule has 0 aliphatic rings. The molecule has 129 valence electrons. The molecule has 1 atom stereocenters. The molecule has 0 amide bonds. The molecule has 1 aromatic carbocycles. The number of hydrogen-bond donors (Lipinski definition) is 1. The van der Waals surface area contributed by atoms with E-state index in [4.69, 9.17) is 0 Å². The molecule has 5 nitrogen and oxygen atoms in total. The van der Waals surface area contributed by atoms with Crippen LogP contribution >= 0.6 is 0 Å². The second-order valence-corrected chi connectivity index (χ2v) is 5.64. The summed E-state index contributed by atoms with van der Waals surface area (Å²) in [5.74, 6) is 0.667. The van der Waals surface area contributed by atoms with Gasteiger partial charge in [0.25, 0.3) is 0 Å². The first-order valence-electron chi connectivity index (χ1n) is 7.74. The molecule has 0 spiro atoms. The molecule has 3 heterocycles. The third-order valence-electron chi connectivity index (χ3n) is 3.92. The SMILES string of the molecule is Cc1cccc(C(O)c2cccc(-n3ncc4ccccc43)n2)n1.[Cu]. The smallest absolute Gasteiger partial charge is 0.154 e. The molecule has 25 heavy (non-hydrogen) atoms. The van der Waals surface area contributed by atoms with E-state index < -0.39 is 6.10 Å². The Kier molecular flexibility index (Phi) is 4.95. The van der Waals surface area contributed by atoms with Gasteiger partial charge < -0.3 is 5.11 Å². The van der Waals surface area contributed by atoms with Crippen LogP contribution in [-0.2, 0) is 17.1 Å². The van der Waals surface area contributed by atoms with E-state index >= 15 is 0 Å². The van der Waals surface area contributed by atoms with E-state index in [-0.39, 0.29) is 17.1 Å². The minimum absolute atomic E-state index is 0. The first-order valence-corrected chi connectivity index (χ1v) is 7.74. The zero-order chi connectivity index (χ0) is 16.5. The van der Waals surface area contributed by atoms with Crippen LogP contribution in [0.5, 0.6) is 0 Å². The first-order chi connectivity index (χ1) is 11.7. The van der Waals surface area contributed by atoms with E-state index in [1.54, 1.807) is 16.8 Å². The summed E-state index contributed by atoms with van der Waals surface area (Å²) in [6, 6.07) is 19.1. The van der Waals surface area contributed by atoms with Gasteiger partial charge in [-0.15, -0.1) is 0 Å². The largest absolute Gasteiger partial charge is 0.380 e. The van der Waals surface area contributed by atoms with E-state index in [9.17, 15) is 5.11 Å². The van der Waals surface area contributed by atoms with Crippen molar-refractivity contribution in [1.82, 2.24) is 19.7 Å². The quantitative estimate of drug-likeness (QED) is 0.555. The fourth-order valence-electron chi connectivity index (χ4n) is 2.73. The van der Waals surface area contributed by atoms with Gasteiger partial charge in [0, 0.05) is 28.1 Å². The molecular weight excluding hydrogens is 364 g/mol. The van der Waals surface area contributed by atoms with Gasteiger partial charge in [0.15, 0.2) is 5.82 Å². The van der Waals surface area contributed by atoms with E-state index in [0.717, 1.165) is 16.6 Å². The molecule has 3 aromatic heterocycles. The maximum Gasteiger partial charge on any atom is 0.154 e. The number of aliphatic hydroxyl groups is 1. The number of para-hydroxylation sites is 1. The molecule has 6 heteroatoms. The van der Waals surface area contributed by atoms with Crippen LogP contribution in [0.3, 0.4) is 0 Å². The third-order valence-corrected chi connectivity index (χ3v) is 3.92. The summed E-state index contributed by atoms with van der Waals surface area (Å²) in [5.41, 5.74) is 2.97. The number of aliphatic hydroxyl groups excluding tert-OH is 1. The summed E-state index contributed by atoms with van der Waals surface area (Å²) in [6.07, 6.45) is 0.939. The standard InChI is InChI=1S/C19H16N4O.Cu/c1-13-6-4-8-15(21-13)19(24)16-9-5-11-18(22-16)23-17-10-3-2-7-14(17)12-20-23;/h2-12,19,24H,1H3;. The van der Waals surface area contributed by atoms with Crippen molar-refractivity contribution >= 4 is 10.9 Å². The van der Waals surface area contributed by atoms with Gasteiger partial charge >= 0.3 is 0 Å². The number of aryl methyl sites for hydroxylation is 1. The number of pyridine rings is 2. The Morgan fingerprint density at radius 1 is 0.880 bits per heavy atom. The van der Waals surface area contributed by atoms with Crippen LogP contribution in [0.4, 0.5) is 0 Å². The molecular formula is C19H16CuN4O. The molecule has 0 aliphatic heterocycles. The van der Waals surface area contributed by atoms with Gasteiger partial charge in [0.1, 0.15) is 6.10 Å². The topological polar surface area (TPSA) is 63.8 Å². The van der Waals surface area contributed by atoms with Gasteiger partial charge in [0.05, 0.1) is 23.1 Å². The van der Waals surface area contributed by atoms with Crippen molar-refractivity contribution in [2.24, 2.45) is 0 Å². The van der Waals surface area contributed by atoms with Crippen LogP contribution in [0, 0.1) is 6.92 Å². The van der Waals surface area contributed by atoms with Crippen LogP contribution in [0.2, 0.25) is 0 Å². The molecule has 0 aliphatic carbocycles. The Balaban J connectivity index is 0.00000182. The molecule has 0 saturated carbocycles. The van der Waals surface area contributed by atoms with Crippen LogP contribution in [-0.4, -0.2) is 24.9 Å². The molecule has 0 fully saturated rings. The minimum Gasteiger partial charge on any atom is -0.380 e. The van der Waals surface area contributed by atoms with Crippen molar-refractivity contribution in [3.8, 4) is 5.82 Å². The van der Waals surface area contributed by atoms with E-state index in [1.165, 1.54) is 0 Å². The molecule has 0 bridgehead atoms. The van der Waals surface area contributed by atoms with Crippen molar-refractivity contribution in [2.45, 2.75) is 13.0 Å². The Morgan fingerprint density at radius 2 is 1.60 bits per heavy atom. The second kappa shape index (κ2) is 7.15. The number of nitrogens with zero attached hydrogens (tertiary/aromatic N) is 4. The number of benzene rings is 1. The average molecular weight is 380 g/mol. The van der Waals surface area contributed by atoms with Crippen molar-refractivity contribution in [1.29, 1.82) is 0 Å². The Hall–Kier alpha value is -2.53. The van der Waals surface area contributed by atoms with Crippen molar-refractivity contribution in [3.63, 3.8) is 0 Å². The summed E-state index contributed by atoms with van der Waals surface area (Å²) in [6.45, 7) is 1.90. The third kappa shape index (κ3) is 3.33. The van der Waals surface area contributed by atoms with Gasteiger partial charge in [-0.25, -0.2) is 9.67 Å². The normalized spacial score (nSPS) is 11.9. The van der Waals surface area contributed by atoms with Crippen LogP contribution in [0.25, 0.3) is 16.7 Å². The zero-order valence-corrected chi connectivity index (χ0v) is 14.4. The van der Waals surface area contributed by atoms with E-state index in [1.807, 2.05) is 61.7 Å². The molecule has 4 rings (SSSR count). The Labute approximate surface area is 155 Å². The zero-order valence-electron chi connectivity index (χ0n) is 13.5. The first kappa shape index (κ1) is 17.3. The van der Waals surface area contributed by atoms with Crippen LogP contribution in [0.15, 0.2) is 66.9 Å². The molecule has 1 unspecified atom stereocenters. The molecule has 1 radical (unpaired) electrons. The number of rotatable bonds is 3. The second-order valence-electron chi connectivity index (χ2n) is 5.64. The van der Waals surface area contributed by atoms with Crippen LogP contribution in [0.1, 0.15) is 23.2 Å². The van der Waals surface area contributed by atoms with Crippen molar-refractivity contribution in [3.05, 3.63) is 83.9 Å². The molecule has 1 N–H and O–H groups in total. The van der Waals surface area contributed by atoms with Gasteiger partial charge in [0.2, 0.25) is 0 Å². The van der Waals surface area contributed by atoms with Gasteiger partial charge in [-0.3, -0.25) is 4.98 Å². The van der Waals surface area contributed by atoms with E-state index in [2.05, 4.69) is 15.1 Å². The summed E-state index contributed by atoms with van der Waals surface area (Å²) >= 11 is 0. The van der Waals surface area contributed by atoms with Crippen molar-refractivity contribution in [2.75, 3.05) is 0 Å². The molecule has 0 saturated heterocycles. The average Bonchev–Trinajstić information content (AvgIpc) is 3.05. The fourth-order valence-corrected chi connectivity index (χ4v) is 2.73. The predicted molar refractivity (Wildman–Crippen MR) is 91.9 cm³/mol. The van der Waals surface area contributed by atoms with E-state index in [0.29, 0.717) is 17.2 Å². The fraction of sp³-hybridized carbons (Fsp3) is 0.105. The predicted octanol–water partition coefficient (Wildman–Crippen LogP) is 3.20. The summed E-state index contributed by atoms with van der Waals surface area (Å²) in [5, 5.41) is 16.1. The molecule has 4 aromatic rings.